The summed E-state index contributed by atoms with van der Waals surface area (Å²) in [5, 5.41) is 2.91. The van der Waals surface area contributed by atoms with Crippen molar-refractivity contribution in [2.24, 2.45) is 5.41 Å². The molecule has 1 N–H and O–H groups in total. The van der Waals surface area contributed by atoms with E-state index in [1.165, 1.54) is 0 Å². The molecule has 1 fully saturated rings. The lowest BCUT2D eigenvalue weighted by atomic mass is 9.83. The largest absolute Gasteiger partial charge is 0.342 e. The van der Waals surface area contributed by atoms with E-state index in [4.69, 9.17) is 0 Å². The molecule has 1 aliphatic heterocycles. The normalized spacial score (nSPS) is 25.0. The number of unbranched alkanes of at least 4 members (excludes halogenated alkanes) is 1. The van der Waals surface area contributed by atoms with Crippen LogP contribution in [0.3, 0.4) is 0 Å². The third-order valence-electron chi connectivity index (χ3n) is 4.36. The Balaban J connectivity index is 3.03. The molecule has 3 atom stereocenters. The van der Waals surface area contributed by atoms with Crippen LogP contribution in [0.4, 0.5) is 0 Å². The summed E-state index contributed by atoms with van der Waals surface area (Å²) in [4.78, 5) is 27.1. The number of piperazine rings is 1. The number of nitrogens with one attached hydrogen (secondary N) is 1. The maximum Gasteiger partial charge on any atom is 0.246 e. The highest BCUT2D eigenvalue weighted by atomic mass is 16.2. The van der Waals surface area contributed by atoms with Crippen LogP contribution >= 0.6 is 0 Å². The molecule has 0 aromatic rings. The van der Waals surface area contributed by atoms with E-state index in [2.05, 4.69) is 19.2 Å². The van der Waals surface area contributed by atoms with Crippen molar-refractivity contribution in [2.45, 2.75) is 91.8 Å². The van der Waals surface area contributed by atoms with Gasteiger partial charge in [0.1, 0.15) is 12.1 Å². The van der Waals surface area contributed by atoms with Crippen molar-refractivity contribution in [3.8, 4) is 0 Å². The molecule has 4 nitrogen and oxygen atoms in total. The Bertz CT molecular complexity index is 373. The Labute approximate surface area is 129 Å². The minimum absolute atomic E-state index is 0.0212. The lowest BCUT2D eigenvalue weighted by Gasteiger charge is -2.45. The first kappa shape index (κ1) is 18.0. The van der Waals surface area contributed by atoms with Gasteiger partial charge in [-0.15, -0.1) is 0 Å². The second-order valence-electron chi connectivity index (χ2n) is 7.31. The highest BCUT2D eigenvalue weighted by Gasteiger charge is 2.45. The lowest BCUT2D eigenvalue weighted by molar-refractivity contribution is -0.155. The van der Waals surface area contributed by atoms with Crippen molar-refractivity contribution in [3.63, 3.8) is 0 Å². The molecular formula is C17H32N2O2. The number of hydrogen-bond acceptors (Lipinski definition) is 2. The number of carbonyl (C=O) groups is 2. The minimum atomic E-state index is -0.415. The van der Waals surface area contributed by atoms with Crippen LogP contribution in [0, 0.1) is 5.41 Å². The third-order valence-corrected chi connectivity index (χ3v) is 4.36. The van der Waals surface area contributed by atoms with Gasteiger partial charge in [0, 0.05) is 6.04 Å². The zero-order chi connectivity index (χ0) is 16.2. The van der Waals surface area contributed by atoms with Gasteiger partial charge in [0.05, 0.1) is 0 Å². The van der Waals surface area contributed by atoms with Gasteiger partial charge < -0.3 is 10.2 Å². The van der Waals surface area contributed by atoms with E-state index < -0.39 is 6.04 Å². The number of amides is 2. The zero-order valence-electron chi connectivity index (χ0n) is 14.5. The van der Waals surface area contributed by atoms with Gasteiger partial charge in [-0.1, -0.05) is 53.9 Å². The Morgan fingerprint density at radius 3 is 2.24 bits per heavy atom. The Hall–Kier alpha value is -1.06. The number of nitrogens with zero attached hydrogens (tertiary/aromatic N) is 1. The molecule has 21 heavy (non-hydrogen) atoms. The lowest BCUT2D eigenvalue weighted by Crippen LogP contribution is -2.67. The molecule has 3 unspecified atom stereocenters. The highest BCUT2D eigenvalue weighted by molar-refractivity contribution is 5.97. The summed E-state index contributed by atoms with van der Waals surface area (Å²) in [6, 6.07) is -0.583. The van der Waals surface area contributed by atoms with E-state index in [0.29, 0.717) is 0 Å². The zero-order valence-corrected chi connectivity index (χ0v) is 14.5. The fraction of sp³-hybridized carbons (Fsp3) is 0.882. The van der Waals surface area contributed by atoms with Gasteiger partial charge in [-0.05, 0) is 25.2 Å². The van der Waals surface area contributed by atoms with Crippen molar-refractivity contribution >= 4 is 11.8 Å². The smallest absolute Gasteiger partial charge is 0.246 e. The van der Waals surface area contributed by atoms with Crippen LogP contribution in [0.2, 0.25) is 0 Å². The van der Waals surface area contributed by atoms with E-state index in [0.717, 1.165) is 32.1 Å². The summed E-state index contributed by atoms with van der Waals surface area (Å²) in [5.74, 6) is 0.0660. The van der Waals surface area contributed by atoms with Crippen LogP contribution in [-0.4, -0.2) is 34.8 Å². The number of rotatable bonds is 6. The molecule has 1 heterocycles. The minimum Gasteiger partial charge on any atom is -0.342 e. The predicted octanol–water partition coefficient (Wildman–Crippen LogP) is 3.11. The molecule has 4 heteroatoms. The molecule has 0 bridgehead atoms. The second-order valence-corrected chi connectivity index (χ2v) is 7.31. The van der Waals surface area contributed by atoms with E-state index in [9.17, 15) is 9.59 Å². The molecule has 0 spiro atoms. The van der Waals surface area contributed by atoms with E-state index in [-0.39, 0.29) is 29.3 Å². The molecular weight excluding hydrogens is 264 g/mol. The quantitative estimate of drug-likeness (QED) is 0.818. The summed E-state index contributed by atoms with van der Waals surface area (Å²) < 4.78 is 0. The fourth-order valence-electron chi connectivity index (χ4n) is 3.07. The van der Waals surface area contributed by atoms with Gasteiger partial charge in [0.25, 0.3) is 0 Å². The molecule has 1 saturated heterocycles. The topological polar surface area (TPSA) is 49.4 Å². The first-order chi connectivity index (χ1) is 9.73. The van der Waals surface area contributed by atoms with E-state index >= 15 is 0 Å². The van der Waals surface area contributed by atoms with Crippen molar-refractivity contribution in [3.05, 3.63) is 0 Å². The molecule has 2 amide bonds. The van der Waals surface area contributed by atoms with Crippen LogP contribution in [0.1, 0.15) is 73.6 Å². The number of hydrogen-bond donors (Lipinski definition) is 1. The van der Waals surface area contributed by atoms with Gasteiger partial charge >= 0.3 is 0 Å². The monoisotopic (exact) mass is 296 g/mol. The first-order valence-corrected chi connectivity index (χ1v) is 8.36. The van der Waals surface area contributed by atoms with Gasteiger partial charge in [-0.3, -0.25) is 9.59 Å². The Kier molecular flexibility index (Phi) is 6.24. The standard InChI is InChI=1S/C17H32N2O2/c1-7-9-11-13(10-8-2)19-12(3)15(20)18-14(16(19)21)17(4,5)6/h12-14H,7-11H2,1-6H3,(H,18,20). The van der Waals surface area contributed by atoms with Crippen molar-refractivity contribution in [1.82, 2.24) is 10.2 Å². The molecule has 122 valence electrons. The molecule has 0 radical (unpaired) electrons. The fourth-order valence-corrected chi connectivity index (χ4v) is 3.07. The van der Waals surface area contributed by atoms with Gasteiger partial charge in [0.15, 0.2) is 0 Å². The van der Waals surface area contributed by atoms with Crippen molar-refractivity contribution in [1.29, 1.82) is 0 Å². The van der Waals surface area contributed by atoms with Gasteiger partial charge in [0.2, 0.25) is 11.8 Å². The molecule has 1 rings (SSSR count). The molecule has 0 aromatic carbocycles. The van der Waals surface area contributed by atoms with Crippen LogP contribution in [0.5, 0.6) is 0 Å². The Morgan fingerprint density at radius 2 is 1.76 bits per heavy atom. The SMILES string of the molecule is CCCCC(CCC)N1C(=O)C(C(C)(C)C)NC(=O)C1C. The third kappa shape index (κ3) is 4.21. The molecule has 0 saturated carbocycles. The maximum absolute atomic E-state index is 12.9. The highest BCUT2D eigenvalue weighted by Crippen LogP contribution is 2.28. The summed E-state index contributed by atoms with van der Waals surface area (Å²) in [5.41, 5.74) is -0.257. The first-order valence-electron chi connectivity index (χ1n) is 8.36. The molecule has 0 aliphatic carbocycles. The van der Waals surface area contributed by atoms with Crippen molar-refractivity contribution < 1.29 is 9.59 Å². The summed E-state index contributed by atoms with van der Waals surface area (Å²) in [6.45, 7) is 12.2. The average molecular weight is 296 g/mol. The predicted molar refractivity (Wildman–Crippen MR) is 85.9 cm³/mol. The number of carbonyl (C=O) groups excluding carboxylic acids is 2. The van der Waals surface area contributed by atoms with Crippen LogP contribution < -0.4 is 5.32 Å². The molecule has 0 aromatic heterocycles. The summed E-state index contributed by atoms with van der Waals surface area (Å²) >= 11 is 0. The summed E-state index contributed by atoms with van der Waals surface area (Å²) in [7, 11) is 0. The molecule has 1 aliphatic rings. The van der Waals surface area contributed by atoms with Gasteiger partial charge in [-0.25, -0.2) is 0 Å². The average Bonchev–Trinajstić information content (AvgIpc) is 2.39. The van der Waals surface area contributed by atoms with E-state index in [1.54, 1.807) is 0 Å². The maximum atomic E-state index is 12.9. The Morgan fingerprint density at radius 1 is 1.14 bits per heavy atom. The summed E-state index contributed by atoms with van der Waals surface area (Å²) in [6.07, 6.45) is 5.21. The van der Waals surface area contributed by atoms with E-state index in [1.807, 2.05) is 32.6 Å². The second kappa shape index (κ2) is 7.28. The van der Waals surface area contributed by atoms with Crippen LogP contribution in [-0.2, 0) is 9.59 Å². The van der Waals surface area contributed by atoms with Crippen LogP contribution in [0.15, 0.2) is 0 Å². The van der Waals surface area contributed by atoms with Crippen LogP contribution in [0.25, 0.3) is 0 Å². The van der Waals surface area contributed by atoms with Crippen molar-refractivity contribution in [2.75, 3.05) is 0 Å². The van der Waals surface area contributed by atoms with Gasteiger partial charge in [-0.2, -0.15) is 0 Å².